The number of nitrogens with zero attached hydrogens (tertiary/aromatic N) is 2. The molecule has 1 aliphatic heterocycles. The number of carbonyl (C=O) groups excluding carboxylic acids is 1. The van der Waals surface area contributed by atoms with Crippen LogP contribution in [0.2, 0.25) is 0 Å². The molecule has 4 nitrogen and oxygen atoms in total. The summed E-state index contributed by atoms with van der Waals surface area (Å²) in [4.78, 5) is 18.9. The molecule has 1 unspecified atom stereocenters. The molecule has 1 aromatic rings. The maximum absolute atomic E-state index is 12.7. The Kier molecular flexibility index (Phi) is 3.78. The molecule has 1 saturated heterocycles. The molecule has 1 N–H and O–H groups in total. The molecule has 0 aromatic carbocycles. The number of amides is 1. The Bertz CT molecular complexity index is 428. The van der Waals surface area contributed by atoms with Gasteiger partial charge in [-0.05, 0) is 24.5 Å². The lowest BCUT2D eigenvalue weighted by atomic mass is 10.0. The summed E-state index contributed by atoms with van der Waals surface area (Å²) in [5, 5.41) is 3.39. The van der Waals surface area contributed by atoms with Gasteiger partial charge >= 0.3 is 0 Å². The summed E-state index contributed by atoms with van der Waals surface area (Å²) in [6.45, 7) is 2.55. The highest BCUT2D eigenvalue weighted by Crippen LogP contribution is 2.30. The third-order valence-corrected chi connectivity index (χ3v) is 4.30. The van der Waals surface area contributed by atoms with Crippen molar-refractivity contribution in [3.63, 3.8) is 0 Å². The summed E-state index contributed by atoms with van der Waals surface area (Å²) in [5.41, 5.74) is 1.14. The van der Waals surface area contributed by atoms with Crippen molar-refractivity contribution in [1.82, 2.24) is 15.2 Å². The maximum Gasteiger partial charge on any atom is 0.226 e. The van der Waals surface area contributed by atoms with Crippen LogP contribution in [0.4, 0.5) is 0 Å². The molecule has 2 heterocycles. The summed E-state index contributed by atoms with van der Waals surface area (Å²) in [7, 11) is 0. The van der Waals surface area contributed by atoms with Crippen LogP contribution in [0.1, 0.15) is 37.3 Å². The normalized spacial score (nSPS) is 24.6. The number of hydrogen-bond acceptors (Lipinski definition) is 3. The highest BCUT2D eigenvalue weighted by molar-refractivity contribution is 5.79. The van der Waals surface area contributed by atoms with E-state index < -0.39 is 0 Å². The van der Waals surface area contributed by atoms with Gasteiger partial charge in [0.05, 0.1) is 6.04 Å². The van der Waals surface area contributed by atoms with Crippen molar-refractivity contribution in [2.24, 2.45) is 5.92 Å². The van der Waals surface area contributed by atoms with Crippen LogP contribution in [0.3, 0.4) is 0 Å². The van der Waals surface area contributed by atoms with E-state index in [1.54, 1.807) is 6.20 Å². The first-order valence-corrected chi connectivity index (χ1v) is 7.27. The Morgan fingerprint density at radius 3 is 2.95 bits per heavy atom. The lowest BCUT2D eigenvalue weighted by Gasteiger charge is -2.37. The molecule has 0 radical (unpaired) electrons. The first kappa shape index (κ1) is 12.6. The number of pyridine rings is 1. The Labute approximate surface area is 114 Å². The van der Waals surface area contributed by atoms with Crippen molar-refractivity contribution in [1.29, 1.82) is 0 Å². The zero-order valence-corrected chi connectivity index (χ0v) is 11.2. The highest BCUT2D eigenvalue weighted by Gasteiger charge is 2.33. The van der Waals surface area contributed by atoms with E-state index in [9.17, 15) is 4.79 Å². The molecule has 0 spiro atoms. The highest BCUT2D eigenvalue weighted by atomic mass is 16.2. The van der Waals surface area contributed by atoms with Gasteiger partial charge in [0, 0.05) is 37.9 Å². The van der Waals surface area contributed by atoms with Crippen LogP contribution >= 0.6 is 0 Å². The Balaban J connectivity index is 1.79. The fourth-order valence-corrected chi connectivity index (χ4v) is 3.25. The number of rotatable bonds is 2. The SMILES string of the molecule is O=C(C1CCCC1)N1CCNCC1c1cccnc1. The predicted molar refractivity (Wildman–Crippen MR) is 73.5 cm³/mol. The molecule has 3 rings (SSSR count). The van der Waals surface area contributed by atoms with Gasteiger partial charge in [-0.15, -0.1) is 0 Å². The predicted octanol–water partition coefficient (Wildman–Crippen LogP) is 1.74. The molecule has 2 fully saturated rings. The van der Waals surface area contributed by atoms with Crippen LogP contribution in [0.15, 0.2) is 24.5 Å². The van der Waals surface area contributed by atoms with Crippen LogP contribution in [-0.2, 0) is 4.79 Å². The Morgan fingerprint density at radius 2 is 2.21 bits per heavy atom. The zero-order valence-electron chi connectivity index (χ0n) is 11.2. The van der Waals surface area contributed by atoms with E-state index in [-0.39, 0.29) is 12.0 Å². The van der Waals surface area contributed by atoms with Gasteiger partial charge in [0.2, 0.25) is 5.91 Å². The van der Waals surface area contributed by atoms with E-state index in [0.717, 1.165) is 38.0 Å². The van der Waals surface area contributed by atoms with Crippen LogP contribution in [-0.4, -0.2) is 35.4 Å². The van der Waals surface area contributed by atoms with Crippen molar-refractivity contribution in [2.45, 2.75) is 31.7 Å². The van der Waals surface area contributed by atoms with Crippen molar-refractivity contribution >= 4 is 5.91 Å². The quantitative estimate of drug-likeness (QED) is 0.880. The lowest BCUT2D eigenvalue weighted by Crippen LogP contribution is -2.50. The molecular formula is C15H21N3O. The van der Waals surface area contributed by atoms with E-state index in [2.05, 4.69) is 21.3 Å². The average molecular weight is 259 g/mol. The van der Waals surface area contributed by atoms with E-state index in [0.29, 0.717) is 5.91 Å². The maximum atomic E-state index is 12.7. The summed E-state index contributed by atoms with van der Waals surface area (Å²) in [5.74, 6) is 0.616. The van der Waals surface area contributed by atoms with E-state index in [4.69, 9.17) is 0 Å². The molecule has 19 heavy (non-hydrogen) atoms. The van der Waals surface area contributed by atoms with E-state index in [1.165, 1.54) is 12.8 Å². The van der Waals surface area contributed by atoms with Gasteiger partial charge in [-0.3, -0.25) is 9.78 Å². The summed E-state index contributed by atoms with van der Waals surface area (Å²) < 4.78 is 0. The van der Waals surface area contributed by atoms with Crippen molar-refractivity contribution < 1.29 is 4.79 Å². The van der Waals surface area contributed by atoms with Crippen molar-refractivity contribution in [3.8, 4) is 0 Å². The van der Waals surface area contributed by atoms with Crippen molar-refractivity contribution in [2.75, 3.05) is 19.6 Å². The molecule has 102 valence electrons. The second-order valence-corrected chi connectivity index (χ2v) is 5.52. The van der Waals surface area contributed by atoms with Crippen LogP contribution in [0.5, 0.6) is 0 Å². The molecule has 1 aliphatic carbocycles. The lowest BCUT2D eigenvalue weighted by molar-refractivity contribution is -0.138. The first-order valence-electron chi connectivity index (χ1n) is 7.27. The molecule has 0 bridgehead atoms. The van der Waals surface area contributed by atoms with Gasteiger partial charge in [-0.1, -0.05) is 18.9 Å². The average Bonchev–Trinajstić information content (AvgIpc) is 3.02. The minimum Gasteiger partial charge on any atom is -0.333 e. The molecule has 1 atom stereocenters. The number of aromatic nitrogens is 1. The summed E-state index contributed by atoms with van der Waals surface area (Å²) in [6, 6.07) is 4.16. The minimum atomic E-state index is 0.149. The molecule has 1 amide bonds. The number of hydrogen-bond donors (Lipinski definition) is 1. The Morgan fingerprint density at radius 1 is 1.37 bits per heavy atom. The largest absolute Gasteiger partial charge is 0.333 e. The number of carbonyl (C=O) groups is 1. The third-order valence-electron chi connectivity index (χ3n) is 4.30. The zero-order chi connectivity index (χ0) is 13.1. The van der Waals surface area contributed by atoms with Crippen LogP contribution < -0.4 is 5.32 Å². The second kappa shape index (κ2) is 5.70. The smallest absolute Gasteiger partial charge is 0.226 e. The van der Waals surface area contributed by atoms with Gasteiger partial charge in [0.1, 0.15) is 0 Å². The standard InChI is InChI=1S/C15H21N3O/c19-15(12-4-1-2-5-12)18-9-8-17-11-14(18)13-6-3-7-16-10-13/h3,6-7,10,12,14,17H,1-2,4-5,8-9,11H2. The minimum absolute atomic E-state index is 0.149. The molecule has 4 heteroatoms. The van der Waals surface area contributed by atoms with Gasteiger partial charge in [-0.2, -0.15) is 0 Å². The van der Waals surface area contributed by atoms with Gasteiger partial charge in [-0.25, -0.2) is 0 Å². The van der Waals surface area contributed by atoms with Gasteiger partial charge in [0.25, 0.3) is 0 Å². The Hall–Kier alpha value is -1.42. The third kappa shape index (κ3) is 2.63. The van der Waals surface area contributed by atoms with E-state index in [1.807, 2.05) is 12.3 Å². The topological polar surface area (TPSA) is 45.2 Å². The number of piperazine rings is 1. The number of nitrogens with one attached hydrogen (secondary N) is 1. The van der Waals surface area contributed by atoms with E-state index >= 15 is 0 Å². The van der Waals surface area contributed by atoms with Gasteiger partial charge < -0.3 is 10.2 Å². The molecule has 1 saturated carbocycles. The summed E-state index contributed by atoms with van der Waals surface area (Å²) >= 11 is 0. The summed E-state index contributed by atoms with van der Waals surface area (Å²) in [6.07, 6.45) is 8.22. The van der Waals surface area contributed by atoms with Crippen LogP contribution in [0, 0.1) is 5.92 Å². The van der Waals surface area contributed by atoms with Gasteiger partial charge in [0.15, 0.2) is 0 Å². The molecule has 1 aromatic heterocycles. The monoisotopic (exact) mass is 259 g/mol. The van der Waals surface area contributed by atoms with Crippen molar-refractivity contribution in [3.05, 3.63) is 30.1 Å². The second-order valence-electron chi connectivity index (χ2n) is 5.52. The molecular weight excluding hydrogens is 238 g/mol. The fraction of sp³-hybridized carbons (Fsp3) is 0.600. The fourth-order valence-electron chi connectivity index (χ4n) is 3.25. The first-order chi connectivity index (χ1) is 9.36. The van der Waals surface area contributed by atoms with Crippen LogP contribution in [0.25, 0.3) is 0 Å². The molecule has 2 aliphatic rings.